The lowest BCUT2D eigenvalue weighted by Crippen LogP contribution is -2.23. The fourth-order valence-corrected chi connectivity index (χ4v) is 2.95. The molecule has 0 aliphatic carbocycles. The van der Waals surface area contributed by atoms with Crippen LogP contribution in [0, 0.1) is 0 Å². The van der Waals surface area contributed by atoms with Crippen LogP contribution < -0.4 is 10.1 Å². The predicted octanol–water partition coefficient (Wildman–Crippen LogP) is 5.17. The van der Waals surface area contributed by atoms with Crippen molar-refractivity contribution in [3.05, 3.63) is 56.5 Å². The van der Waals surface area contributed by atoms with Gasteiger partial charge in [-0.25, -0.2) is 0 Å². The highest BCUT2D eigenvalue weighted by Gasteiger charge is 2.22. The van der Waals surface area contributed by atoms with E-state index in [4.69, 9.17) is 27.9 Å². The van der Waals surface area contributed by atoms with Crippen LogP contribution in [0.25, 0.3) is 0 Å². The summed E-state index contributed by atoms with van der Waals surface area (Å²) in [5.74, 6) is 0.967. The molecule has 0 spiro atoms. The zero-order valence-electron chi connectivity index (χ0n) is 10.5. The van der Waals surface area contributed by atoms with Crippen LogP contribution in [-0.4, -0.2) is 12.6 Å². The SMILES string of the molecule is Clc1ccc(NCC2Cc3cc(Br)ccc3O2)cc1Cl. The summed E-state index contributed by atoms with van der Waals surface area (Å²) in [6.07, 6.45) is 1.04. The van der Waals surface area contributed by atoms with Gasteiger partial charge in [0.2, 0.25) is 0 Å². The third-order valence-corrected chi connectivity index (χ3v) is 4.45. The van der Waals surface area contributed by atoms with Crippen LogP contribution >= 0.6 is 39.1 Å². The number of anilines is 1. The average Bonchev–Trinajstić information content (AvgIpc) is 2.82. The molecule has 0 bridgehead atoms. The standard InChI is InChI=1S/C15H12BrCl2NO/c16-10-1-4-15-9(5-10)6-12(20-15)8-19-11-2-3-13(17)14(18)7-11/h1-5,7,12,19H,6,8H2. The molecular weight excluding hydrogens is 361 g/mol. The molecule has 5 heteroatoms. The van der Waals surface area contributed by atoms with E-state index in [-0.39, 0.29) is 6.10 Å². The first-order valence-electron chi connectivity index (χ1n) is 6.26. The Morgan fingerprint density at radius 2 is 2.00 bits per heavy atom. The highest BCUT2D eigenvalue weighted by atomic mass is 79.9. The summed E-state index contributed by atoms with van der Waals surface area (Å²) < 4.78 is 6.98. The lowest BCUT2D eigenvalue weighted by Gasteiger charge is -2.13. The molecule has 0 radical (unpaired) electrons. The molecule has 1 unspecified atom stereocenters. The van der Waals surface area contributed by atoms with Gasteiger partial charge in [-0.3, -0.25) is 0 Å². The fraction of sp³-hybridized carbons (Fsp3) is 0.200. The van der Waals surface area contributed by atoms with Gasteiger partial charge in [0.15, 0.2) is 0 Å². The van der Waals surface area contributed by atoms with E-state index in [9.17, 15) is 0 Å². The number of fused-ring (bicyclic) bond motifs is 1. The fourth-order valence-electron chi connectivity index (χ4n) is 2.24. The minimum absolute atomic E-state index is 0.133. The summed E-state index contributed by atoms with van der Waals surface area (Å²) >= 11 is 15.4. The molecule has 1 N–H and O–H groups in total. The minimum atomic E-state index is 0.133. The van der Waals surface area contributed by atoms with Gasteiger partial charge >= 0.3 is 0 Å². The zero-order valence-corrected chi connectivity index (χ0v) is 13.6. The monoisotopic (exact) mass is 371 g/mol. The first-order chi connectivity index (χ1) is 9.61. The molecule has 1 aliphatic rings. The van der Waals surface area contributed by atoms with Crippen LogP contribution in [0.2, 0.25) is 10.0 Å². The number of rotatable bonds is 3. The Morgan fingerprint density at radius 3 is 2.80 bits per heavy atom. The molecule has 3 rings (SSSR count). The third-order valence-electron chi connectivity index (χ3n) is 3.22. The van der Waals surface area contributed by atoms with Crippen molar-refractivity contribution in [3.8, 4) is 5.75 Å². The van der Waals surface area contributed by atoms with Crippen molar-refractivity contribution in [1.29, 1.82) is 0 Å². The number of hydrogen-bond donors (Lipinski definition) is 1. The maximum atomic E-state index is 5.99. The largest absolute Gasteiger partial charge is 0.488 e. The number of benzene rings is 2. The van der Waals surface area contributed by atoms with Gasteiger partial charge in [0.05, 0.1) is 16.6 Å². The summed E-state index contributed by atoms with van der Waals surface area (Å²) in [7, 11) is 0. The summed E-state index contributed by atoms with van der Waals surface area (Å²) in [6.45, 7) is 0.726. The molecule has 0 amide bonds. The summed E-state index contributed by atoms with van der Waals surface area (Å²) in [6, 6.07) is 11.6. The van der Waals surface area contributed by atoms with E-state index in [0.29, 0.717) is 10.0 Å². The van der Waals surface area contributed by atoms with E-state index >= 15 is 0 Å². The minimum Gasteiger partial charge on any atom is -0.488 e. The maximum Gasteiger partial charge on any atom is 0.123 e. The molecule has 104 valence electrons. The van der Waals surface area contributed by atoms with Crippen LogP contribution in [0.15, 0.2) is 40.9 Å². The number of halogens is 3. The Labute approximate surface area is 136 Å². The van der Waals surface area contributed by atoms with Crippen molar-refractivity contribution >= 4 is 44.8 Å². The van der Waals surface area contributed by atoms with Crippen LogP contribution in [0.4, 0.5) is 5.69 Å². The molecule has 0 fully saturated rings. The van der Waals surface area contributed by atoms with Crippen molar-refractivity contribution in [2.75, 3.05) is 11.9 Å². The highest BCUT2D eigenvalue weighted by Crippen LogP contribution is 2.31. The molecule has 2 aromatic carbocycles. The normalized spacial score (nSPS) is 16.6. The molecule has 1 atom stereocenters. The highest BCUT2D eigenvalue weighted by molar-refractivity contribution is 9.10. The quantitative estimate of drug-likeness (QED) is 0.802. The third kappa shape index (κ3) is 3.05. The molecule has 1 aliphatic heterocycles. The Bertz CT molecular complexity index is 648. The Kier molecular flexibility index (Phi) is 4.11. The molecule has 0 aromatic heterocycles. The molecular formula is C15H12BrCl2NO. The molecule has 2 nitrogen and oxygen atoms in total. The van der Waals surface area contributed by atoms with Gasteiger partial charge in [-0.15, -0.1) is 0 Å². The van der Waals surface area contributed by atoms with E-state index in [1.165, 1.54) is 5.56 Å². The summed E-state index contributed by atoms with van der Waals surface area (Å²) in [4.78, 5) is 0. The predicted molar refractivity (Wildman–Crippen MR) is 87.2 cm³/mol. The molecule has 1 heterocycles. The maximum absolute atomic E-state index is 5.99. The van der Waals surface area contributed by atoms with Crippen molar-refractivity contribution in [2.24, 2.45) is 0 Å². The van der Waals surface area contributed by atoms with Gasteiger partial charge in [0, 0.05) is 16.6 Å². The molecule has 0 saturated heterocycles. The van der Waals surface area contributed by atoms with Crippen molar-refractivity contribution < 1.29 is 4.74 Å². The number of nitrogens with one attached hydrogen (secondary N) is 1. The second kappa shape index (κ2) is 5.84. The van der Waals surface area contributed by atoms with Crippen LogP contribution in [0.3, 0.4) is 0 Å². The van der Waals surface area contributed by atoms with Gasteiger partial charge < -0.3 is 10.1 Å². The van der Waals surface area contributed by atoms with E-state index in [0.717, 1.165) is 28.9 Å². The van der Waals surface area contributed by atoms with Crippen LogP contribution in [0.1, 0.15) is 5.56 Å². The van der Waals surface area contributed by atoms with Crippen LogP contribution in [-0.2, 0) is 6.42 Å². The average molecular weight is 373 g/mol. The van der Waals surface area contributed by atoms with E-state index in [1.807, 2.05) is 24.3 Å². The molecule has 20 heavy (non-hydrogen) atoms. The molecule has 0 saturated carbocycles. The second-order valence-electron chi connectivity index (χ2n) is 4.71. The Morgan fingerprint density at radius 1 is 1.15 bits per heavy atom. The van der Waals surface area contributed by atoms with Gasteiger partial charge in [-0.1, -0.05) is 39.1 Å². The van der Waals surface area contributed by atoms with Gasteiger partial charge in [-0.2, -0.15) is 0 Å². The smallest absolute Gasteiger partial charge is 0.123 e. The summed E-state index contributed by atoms with van der Waals surface area (Å²) in [5, 5.41) is 4.44. The Balaban J connectivity index is 1.62. The molecule has 2 aromatic rings. The van der Waals surface area contributed by atoms with E-state index in [2.05, 4.69) is 27.3 Å². The first kappa shape index (κ1) is 14.1. The second-order valence-corrected chi connectivity index (χ2v) is 6.44. The van der Waals surface area contributed by atoms with Gasteiger partial charge in [-0.05, 0) is 42.0 Å². The van der Waals surface area contributed by atoms with Crippen molar-refractivity contribution in [2.45, 2.75) is 12.5 Å². The van der Waals surface area contributed by atoms with E-state index in [1.54, 1.807) is 6.07 Å². The number of hydrogen-bond acceptors (Lipinski definition) is 2. The zero-order chi connectivity index (χ0) is 14.1. The Hall–Kier alpha value is -0.900. The van der Waals surface area contributed by atoms with Gasteiger partial charge in [0.25, 0.3) is 0 Å². The topological polar surface area (TPSA) is 21.3 Å². The van der Waals surface area contributed by atoms with Crippen molar-refractivity contribution in [1.82, 2.24) is 0 Å². The van der Waals surface area contributed by atoms with E-state index < -0.39 is 0 Å². The summed E-state index contributed by atoms with van der Waals surface area (Å²) in [5.41, 5.74) is 2.18. The van der Waals surface area contributed by atoms with Crippen molar-refractivity contribution in [3.63, 3.8) is 0 Å². The lowest BCUT2D eigenvalue weighted by molar-refractivity contribution is 0.246. The first-order valence-corrected chi connectivity index (χ1v) is 7.81. The number of ether oxygens (including phenoxy) is 1. The van der Waals surface area contributed by atoms with Crippen LogP contribution in [0.5, 0.6) is 5.75 Å². The lowest BCUT2D eigenvalue weighted by atomic mass is 10.1. The van der Waals surface area contributed by atoms with Gasteiger partial charge in [0.1, 0.15) is 11.9 Å².